The molecule has 1 N–H and O–H groups in total. The number of nitrogens with one attached hydrogen (secondary N) is 1. The topological polar surface area (TPSA) is 35.6 Å². The van der Waals surface area contributed by atoms with Crippen LogP contribution in [0.2, 0.25) is 0 Å². The van der Waals surface area contributed by atoms with Gasteiger partial charge in [-0.25, -0.2) is 4.79 Å². The third kappa shape index (κ3) is 3.12. The average Bonchev–Trinajstić information content (AvgIpc) is 3.32. The van der Waals surface area contributed by atoms with Crippen molar-refractivity contribution in [2.45, 2.75) is 25.8 Å². The van der Waals surface area contributed by atoms with Gasteiger partial charge in [-0.15, -0.1) is 0 Å². The molecule has 4 heteroatoms. The summed E-state index contributed by atoms with van der Waals surface area (Å²) < 4.78 is 0. The van der Waals surface area contributed by atoms with Crippen molar-refractivity contribution in [3.8, 4) is 0 Å². The Balaban J connectivity index is 1.49. The zero-order valence-electron chi connectivity index (χ0n) is 12.1. The van der Waals surface area contributed by atoms with Crippen LogP contribution in [-0.4, -0.2) is 48.1 Å². The number of para-hydroxylation sites is 1. The van der Waals surface area contributed by atoms with Gasteiger partial charge in [0.1, 0.15) is 0 Å². The molecule has 1 aromatic carbocycles. The molecule has 0 radical (unpaired) electrons. The molecule has 0 spiro atoms. The van der Waals surface area contributed by atoms with Crippen LogP contribution >= 0.6 is 0 Å². The van der Waals surface area contributed by atoms with Crippen molar-refractivity contribution in [2.75, 3.05) is 31.5 Å². The molecular formula is C16H23N3O. The Labute approximate surface area is 120 Å². The number of carbonyl (C=O) groups excluding carboxylic acids is 1. The van der Waals surface area contributed by atoms with E-state index in [1.54, 1.807) is 0 Å². The molecule has 108 valence electrons. The monoisotopic (exact) mass is 273 g/mol. The molecule has 2 amide bonds. The Hall–Kier alpha value is -1.55. The number of amides is 2. The SMILES string of the molecule is CC(C1CC1)N1CCN(C(=O)Nc2ccccc2)CC1. The first-order chi connectivity index (χ1) is 9.74. The summed E-state index contributed by atoms with van der Waals surface area (Å²) in [6.45, 7) is 5.99. The van der Waals surface area contributed by atoms with Crippen molar-refractivity contribution in [3.63, 3.8) is 0 Å². The lowest BCUT2D eigenvalue weighted by molar-refractivity contribution is 0.110. The Morgan fingerprint density at radius 1 is 1.15 bits per heavy atom. The van der Waals surface area contributed by atoms with E-state index in [0.29, 0.717) is 6.04 Å². The summed E-state index contributed by atoms with van der Waals surface area (Å²) in [6, 6.07) is 10.4. The standard InChI is InChI=1S/C16H23N3O/c1-13(14-7-8-14)18-9-11-19(12-10-18)16(20)17-15-5-3-2-4-6-15/h2-6,13-14H,7-12H2,1H3,(H,17,20). The molecule has 1 atom stereocenters. The van der Waals surface area contributed by atoms with Gasteiger partial charge < -0.3 is 10.2 Å². The minimum absolute atomic E-state index is 0.0231. The molecule has 1 aliphatic heterocycles. The fraction of sp³-hybridized carbons (Fsp3) is 0.562. The van der Waals surface area contributed by atoms with Gasteiger partial charge in [0.05, 0.1) is 0 Å². The largest absolute Gasteiger partial charge is 0.322 e. The molecule has 4 nitrogen and oxygen atoms in total. The Morgan fingerprint density at radius 2 is 1.80 bits per heavy atom. The van der Waals surface area contributed by atoms with Crippen LogP contribution in [0, 0.1) is 5.92 Å². The van der Waals surface area contributed by atoms with E-state index in [9.17, 15) is 4.79 Å². The van der Waals surface area contributed by atoms with Crippen molar-refractivity contribution >= 4 is 11.7 Å². The molecule has 2 aliphatic rings. The van der Waals surface area contributed by atoms with Crippen LogP contribution in [0.4, 0.5) is 10.5 Å². The lowest BCUT2D eigenvalue weighted by Gasteiger charge is -2.38. The fourth-order valence-corrected chi connectivity index (χ4v) is 2.93. The number of anilines is 1. The maximum Gasteiger partial charge on any atom is 0.321 e. The smallest absolute Gasteiger partial charge is 0.321 e. The third-order valence-electron chi connectivity index (χ3n) is 4.51. The average molecular weight is 273 g/mol. The van der Waals surface area contributed by atoms with Gasteiger partial charge in [-0.1, -0.05) is 18.2 Å². The second-order valence-corrected chi connectivity index (χ2v) is 5.90. The van der Waals surface area contributed by atoms with Crippen LogP contribution < -0.4 is 5.32 Å². The molecule has 1 saturated heterocycles. The summed E-state index contributed by atoms with van der Waals surface area (Å²) in [5, 5.41) is 2.96. The van der Waals surface area contributed by atoms with Crippen molar-refractivity contribution in [1.82, 2.24) is 9.80 Å². The summed E-state index contributed by atoms with van der Waals surface area (Å²) >= 11 is 0. The van der Waals surface area contributed by atoms with Crippen LogP contribution in [0.25, 0.3) is 0 Å². The zero-order chi connectivity index (χ0) is 13.9. The van der Waals surface area contributed by atoms with Gasteiger partial charge in [0.25, 0.3) is 0 Å². The van der Waals surface area contributed by atoms with Crippen molar-refractivity contribution in [2.24, 2.45) is 5.92 Å². The molecule has 1 aromatic rings. The van der Waals surface area contributed by atoms with E-state index in [4.69, 9.17) is 0 Å². The van der Waals surface area contributed by atoms with E-state index in [1.807, 2.05) is 35.2 Å². The first-order valence-electron chi connectivity index (χ1n) is 7.59. The van der Waals surface area contributed by atoms with Gasteiger partial charge >= 0.3 is 6.03 Å². The minimum Gasteiger partial charge on any atom is -0.322 e. The Bertz CT molecular complexity index is 450. The van der Waals surface area contributed by atoms with Crippen LogP contribution in [0.5, 0.6) is 0 Å². The second kappa shape index (κ2) is 5.83. The summed E-state index contributed by atoms with van der Waals surface area (Å²) in [4.78, 5) is 16.6. The maximum atomic E-state index is 12.2. The van der Waals surface area contributed by atoms with E-state index >= 15 is 0 Å². The van der Waals surface area contributed by atoms with E-state index in [1.165, 1.54) is 12.8 Å². The van der Waals surface area contributed by atoms with Crippen molar-refractivity contribution in [1.29, 1.82) is 0 Å². The summed E-state index contributed by atoms with van der Waals surface area (Å²) in [6.07, 6.45) is 2.77. The van der Waals surface area contributed by atoms with Gasteiger partial charge in [-0.05, 0) is 37.8 Å². The molecule has 20 heavy (non-hydrogen) atoms. The van der Waals surface area contributed by atoms with Gasteiger partial charge in [0, 0.05) is 37.9 Å². The molecule has 1 aliphatic carbocycles. The molecule has 0 aromatic heterocycles. The highest BCUT2D eigenvalue weighted by atomic mass is 16.2. The van der Waals surface area contributed by atoms with Crippen LogP contribution in [-0.2, 0) is 0 Å². The maximum absolute atomic E-state index is 12.2. The van der Waals surface area contributed by atoms with Crippen molar-refractivity contribution < 1.29 is 4.79 Å². The van der Waals surface area contributed by atoms with Gasteiger partial charge in [-0.2, -0.15) is 0 Å². The molecular weight excluding hydrogens is 250 g/mol. The lowest BCUT2D eigenvalue weighted by Crippen LogP contribution is -2.52. The van der Waals surface area contributed by atoms with Crippen LogP contribution in [0.15, 0.2) is 30.3 Å². The zero-order valence-corrected chi connectivity index (χ0v) is 12.1. The van der Waals surface area contributed by atoms with E-state index in [0.717, 1.165) is 37.8 Å². The molecule has 0 bridgehead atoms. The number of nitrogens with zero attached hydrogens (tertiary/aromatic N) is 2. The molecule has 2 fully saturated rings. The number of piperazine rings is 1. The second-order valence-electron chi connectivity index (χ2n) is 5.90. The van der Waals surface area contributed by atoms with Gasteiger partial charge in [0.15, 0.2) is 0 Å². The van der Waals surface area contributed by atoms with E-state index in [2.05, 4.69) is 17.1 Å². The number of benzene rings is 1. The normalized spacial score (nSPS) is 21.6. The highest BCUT2D eigenvalue weighted by molar-refractivity contribution is 5.89. The highest BCUT2D eigenvalue weighted by Crippen LogP contribution is 2.35. The van der Waals surface area contributed by atoms with E-state index in [-0.39, 0.29) is 6.03 Å². The van der Waals surface area contributed by atoms with Crippen LogP contribution in [0.3, 0.4) is 0 Å². The minimum atomic E-state index is 0.0231. The third-order valence-corrected chi connectivity index (χ3v) is 4.51. The molecule has 3 rings (SSSR count). The number of rotatable bonds is 3. The Kier molecular flexibility index (Phi) is 3.92. The lowest BCUT2D eigenvalue weighted by atomic mass is 10.1. The number of hydrogen-bond donors (Lipinski definition) is 1. The van der Waals surface area contributed by atoms with Crippen LogP contribution in [0.1, 0.15) is 19.8 Å². The quantitative estimate of drug-likeness (QED) is 0.919. The predicted molar refractivity (Wildman–Crippen MR) is 80.8 cm³/mol. The van der Waals surface area contributed by atoms with E-state index < -0.39 is 0 Å². The molecule has 1 unspecified atom stereocenters. The predicted octanol–water partition coefficient (Wildman–Crippen LogP) is 2.63. The van der Waals surface area contributed by atoms with Gasteiger partial charge in [-0.3, -0.25) is 4.90 Å². The highest BCUT2D eigenvalue weighted by Gasteiger charge is 2.33. The summed E-state index contributed by atoms with van der Waals surface area (Å²) in [5.74, 6) is 0.902. The van der Waals surface area contributed by atoms with Gasteiger partial charge in [0.2, 0.25) is 0 Å². The fourth-order valence-electron chi connectivity index (χ4n) is 2.93. The number of hydrogen-bond acceptors (Lipinski definition) is 2. The van der Waals surface area contributed by atoms with Crippen molar-refractivity contribution in [3.05, 3.63) is 30.3 Å². The first-order valence-corrected chi connectivity index (χ1v) is 7.59. The summed E-state index contributed by atoms with van der Waals surface area (Å²) in [5.41, 5.74) is 0.867. The molecule has 1 saturated carbocycles. The first kappa shape index (κ1) is 13.4. The number of urea groups is 1. The molecule has 1 heterocycles. The number of carbonyl (C=O) groups is 1. The Morgan fingerprint density at radius 3 is 2.40 bits per heavy atom. The summed E-state index contributed by atoms with van der Waals surface area (Å²) in [7, 11) is 0.